The van der Waals surface area contributed by atoms with Gasteiger partial charge in [0.05, 0.1) is 34.5 Å². The Balaban J connectivity index is 0.000000175. The van der Waals surface area contributed by atoms with Crippen molar-refractivity contribution < 1.29 is 18.0 Å². The van der Waals surface area contributed by atoms with Crippen LogP contribution in [0.15, 0.2) is 66.1 Å². The van der Waals surface area contributed by atoms with E-state index < -0.39 is 9.84 Å². The van der Waals surface area contributed by atoms with Crippen molar-refractivity contribution in [3.8, 4) is 0 Å². The lowest BCUT2D eigenvalue weighted by molar-refractivity contribution is 0.250. The van der Waals surface area contributed by atoms with Crippen molar-refractivity contribution in [2.24, 2.45) is 5.73 Å². The van der Waals surface area contributed by atoms with Gasteiger partial charge < -0.3 is 11.1 Å². The molecular weight excluding hydrogens is 703 g/mol. The van der Waals surface area contributed by atoms with Crippen molar-refractivity contribution in [1.82, 2.24) is 19.9 Å². The minimum atomic E-state index is -3.54. The average molecular weight is 740 g/mol. The van der Waals surface area contributed by atoms with Crippen LogP contribution >= 0.6 is 23.2 Å². The molecule has 4 aromatic rings. The standard InChI is InChI=1S/C19H23ClN6O.C14H13ClN4O3S/c1-25-17-12(11-26(19(25)27)16-5-3-2-4-15(16)20)10-22-18(24-17)23-14-8-6-13(21)7-9-14;1-18-12-9(7-16-13(17-12)23(2,21)22)8-19(14(18)20)11-6-4-3-5-10(11)15/h2-5,10,13-14H,6-9,11,21H2,1H3,(H,22,23,24);3-7H,8H2,1-2H3. The molecule has 1 fully saturated rings. The lowest BCUT2D eigenvalue weighted by Gasteiger charge is -2.34. The Hall–Kier alpha value is -4.57. The van der Waals surface area contributed by atoms with Crippen LogP contribution in [0, 0.1) is 0 Å². The topological polar surface area (TPSA) is 171 Å². The van der Waals surface area contributed by atoms with E-state index in [2.05, 4.69) is 25.3 Å². The molecule has 14 nitrogen and oxygen atoms in total. The van der Waals surface area contributed by atoms with E-state index in [1.165, 1.54) is 23.0 Å². The fourth-order valence-corrected chi connectivity index (χ4v) is 6.99. The molecule has 2 aromatic carbocycles. The van der Waals surface area contributed by atoms with Gasteiger partial charge >= 0.3 is 12.1 Å². The van der Waals surface area contributed by atoms with Crippen molar-refractivity contribution in [3.63, 3.8) is 0 Å². The normalized spacial score (nSPS) is 19.0. The second kappa shape index (κ2) is 14.3. The number of urea groups is 2. The molecule has 0 unspecified atom stereocenters. The van der Waals surface area contributed by atoms with E-state index in [1.54, 1.807) is 53.4 Å². The minimum absolute atomic E-state index is 0.163. The first kappa shape index (κ1) is 35.3. The van der Waals surface area contributed by atoms with Crippen LogP contribution in [0.25, 0.3) is 0 Å². The monoisotopic (exact) mass is 738 g/mol. The van der Waals surface area contributed by atoms with Gasteiger partial charge in [0.25, 0.3) is 0 Å². The van der Waals surface area contributed by atoms with Gasteiger partial charge in [-0.2, -0.15) is 4.98 Å². The van der Waals surface area contributed by atoms with Crippen LogP contribution in [0.2, 0.25) is 10.0 Å². The van der Waals surface area contributed by atoms with Crippen LogP contribution in [0.1, 0.15) is 36.8 Å². The number of carbonyl (C=O) groups is 2. The largest absolute Gasteiger partial charge is 0.351 e. The Morgan fingerprint density at radius 3 is 1.74 bits per heavy atom. The Labute approximate surface area is 300 Å². The Morgan fingerprint density at radius 1 is 0.760 bits per heavy atom. The van der Waals surface area contributed by atoms with Crippen molar-refractivity contribution in [2.45, 2.75) is 56.0 Å². The smallest absolute Gasteiger partial charge is 0.330 e. The van der Waals surface area contributed by atoms with Crippen molar-refractivity contribution in [3.05, 3.63) is 82.1 Å². The molecule has 0 spiro atoms. The molecule has 50 heavy (non-hydrogen) atoms. The molecule has 3 N–H and O–H groups in total. The quantitative estimate of drug-likeness (QED) is 0.249. The predicted molar refractivity (Wildman–Crippen MR) is 194 cm³/mol. The lowest BCUT2D eigenvalue weighted by atomic mass is 9.92. The van der Waals surface area contributed by atoms with Crippen molar-refractivity contribution in [1.29, 1.82) is 0 Å². The third-order valence-electron chi connectivity index (χ3n) is 8.71. The zero-order chi connectivity index (χ0) is 35.7. The number of para-hydroxylation sites is 2. The number of fused-ring (bicyclic) bond motifs is 2. The minimum Gasteiger partial charge on any atom is -0.351 e. The van der Waals surface area contributed by atoms with Crippen molar-refractivity contribution in [2.75, 3.05) is 45.3 Å². The van der Waals surface area contributed by atoms with Gasteiger partial charge in [0.15, 0.2) is 0 Å². The number of amides is 4. The van der Waals surface area contributed by atoms with Gasteiger partial charge in [-0.05, 0) is 49.9 Å². The van der Waals surface area contributed by atoms with Gasteiger partial charge in [0, 0.05) is 56.0 Å². The lowest BCUT2D eigenvalue weighted by Crippen LogP contribution is -2.46. The van der Waals surface area contributed by atoms with Gasteiger partial charge in [-0.25, -0.2) is 33.0 Å². The Bertz CT molecular complexity index is 2040. The number of sulfone groups is 1. The number of aromatic nitrogens is 4. The molecule has 7 rings (SSSR count). The summed E-state index contributed by atoms with van der Waals surface area (Å²) in [4.78, 5) is 48.4. The zero-order valence-corrected chi connectivity index (χ0v) is 30.0. The van der Waals surface area contributed by atoms with Gasteiger partial charge in [-0.3, -0.25) is 19.6 Å². The zero-order valence-electron chi connectivity index (χ0n) is 27.6. The highest BCUT2D eigenvalue weighted by molar-refractivity contribution is 7.90. The molecule has 4 amide bonds. The summed E-state index contributed by atoms with van der Waals surface area (Å²) in [7, 11) is -0.291. The van der Waals surface area contributed by atoms with Gasteiger partial charge in [-0.1, -0.05) is 47.5 Å². The molecule has 0 atom stereocenters. The van der Waals surface area contributed by atoms with Crippen LogP contribution in [0.3, 0.4) is 0 Å². The molecule has 0 saturated heterocycles. The molecule has 262 valence electrons. The van der Waals surface area contributed by atoms with E-state index in [1.807, 2.05) is 18.2 Å². The second-order valence-electron chi connectivity index (χ2n) is 12.3. The maximum absolute atomic E-state index is 12.9. The summed E-state index contributed by atoms with van der Waals surface area (Å²) in [6.07, 6.45) is 8.27. The van der Waals surface area contributed by atoms with Crippen LogP contribution in [0.4, 0.5) is 38.5 Å². The first-order valence-electron chi connectivity index (χ1n) is 15.8. The number of hydrogen-bond donors (Lipinski definition) is 2. The number of anilines is 5. The second-order valence-corrected chi connectivity index (χ2v) is 15.1. The first-order chi connectivity index (χ1) is 23.8. The fraction of sp³-hybridized carbons (Fsp3) is 0.333. The van der Waals surface area contributed by atoms with Gasteiger partial charge in [0.2, 0.25) is 20.9 Å². The number of nitrogens with one attached hydrogen (secondary N) is 1. The number of halogens is 2. The van der Waals surface area contributed by atoms with Crippen LogP contribution in [0.5, 0.6) is 0 Å². The SMILES string of the molecule is CN1C(=O)N(c2ccccc2Cl)Cc2cnc(NC3CCC(N)CC3)nc21.CN1C(=O)N(c2ccccc2Cl)Cc2cnc(S(C)(=O)=O)nc21. The maximum atomic E-state index is 12.9. The number of nitrogens with two attached hydrogens (primary N) is 1. The number of rotatable bonds is 5. The van der Waals surface area contributed by atoms with Crippen LogP contribution in [-0.4, -0.2) is 72.9 Å². The fourth-order valence-electron chi connectivity index (χ4n) is 6.02. The van der Waals surface area contributed by atoms with E-state index in [4.69, 9.17) is 28.9 Å². The molecule has 0 radical (unpaired) electrons. The predicted octanol–water partition coefficient (Wildman–Crippen LogP) is 5.50. The van der Waals surface area contributed by atoms with E-state index in [0.717, 1.165) is 37.5 Å². The number of carbonyl (C=O) groups excluding carboxylic acids is 2. The van der Waals surface area contributed by atoms with E-state index in [9.17, 15) is 18.0 Å². The Morgan fingerprint density at radius 2 is 1.24 bits per heavy atom. The summed E-state index contributed by atoms with van der Waals surface area (Å²) in [5.74, 6) is 1.47. The summed E-state index contributed by atoms with van der Waals surface area (Å²) >= 11 is 12.4. The van der Waals surface area contributed by atoms with Crippen LogP contribution in [-0.2, 0) is 22.9 Å². The highest BCUT2D eigenvalue weighted by Gasteiger charge is 2.33. The molecule has 17 heteroatoms. The Kier molecular flexibility index (Phi) is 10.1. The number of nitrogens with zero attached hydrogens (tertiary/aromatic N) is 8. The van der Waals surface area contributed by atoms with Gasteiger partial charge in [0.1, 0.15) is 11.6 Å². The molecular formula is C33H36Cl2N10O4S. The molecule has 4 heterocycles. The summed E-state index contributed by atoms with van der Waals surface area (Å²) in [5, 5.41) is 4.07. The molecule has 1 saturated carbocycles. The van der Waals surface area contributed by atoms with Gasteiger partial charge in [-0.15, -0.1) is 0 Å². The molecule has 0 bridgehead atoms. The summed E-state index contributed by atoms with van der Waals surface area (Å²) in [5.41, 5.74) is 8.75. The molecule has 1 aliphatic carbocycles. The number of hydrogen-bond acceptors (Lipinski definition) is 10. The maximum Gasteiger partial charge on any atom is 0.330 e. The van der Waals surface area contributed by atoms with Crippen molar-refractivity contribution >= 4 is 74.1 Å². The highest BCUT2D eigenvalue weighted by atomic mass is 35.5. The summed E-state index contributed by atoms with van der Waals surface area (Å²) in [6, 6.07) is 14.4. The highest BCUT2D eigenvalue weighted by Crippen LogP contribution is 2.35. The molecule has 3 aliphatic rings. The summed E-state index contributed by atoms with van der Waals surface area (Å²) < 4.78 is 23.2. The average Bonchev–Trinajstić information content (AvgIpc) is 3.09. The van der Waals surface area contributed by atoms with E-state index in [0.29, 0.717) is 57.4 Å². The first-order valence-corrected chi connectivity index (χ1v) is 18.5. The summed E-state index contributed by atoms with van der Waals surface area (Å²) in [6.45, 7) is 0.604. The molecule has 2 aliphatic heterocycles. The third kappa shape index (κ3) is 7.31. The third-order valence-corrected chi connectivity index (χ3v) is 10.2. The van der Waals surface area contributed by atoms with Crippen LogP contribution < -0.4 is 30.7 Å². The molecule has 2 aromatic heterocycles. The number of benzene rings is 2. The van der Waals surface area contributed by atoms with E-state index >= 15 is 0 Å². The van der Waals surface area contributed by atoms with E-state index in [-0.39, 0.29) is 29.6 Å².